The van der Waals surface area contributed by atoms with Gasteiger partial charge in [0, 0.05) is 12.1 Å². The van der Waals surface area contributed by atoms with Crippen LogP contribution in [0.3, 0.4) is 0 Å². The van der Waals surface area contributed by atoms with Gasteiger partial charge in [0.15, 0.2) is 0 Å². The van der Waals surface area contributed by atoms with E-state index in [4.69, 9.17) is 5.73 Å². The standard InChI is InChI=1S/C16H26N2/c1-16(2,17)10-6-12-18-11-5-9-14-7-3-4-8-15(14)13-18/h3-4,7-8H,5-6,9-13,17H2,1-2H3. The number of nitrogens with zero attached hydrogens (tertiary/aromatic N) is 1. The average molecular weight is 246 g/mol. The van der Waals surface area contributed by atoms with E-state index in [1.165, 1.54) is 37.9 Å². The van der Waals surface area contributed by atoms with Gasteiger partial charge in [0.05, 0.1) is 0 Å². The van der Waals surface area contributed by atoms with Crippen molar-refractivity contribution < 1.29 is 0 Å². The van der Waals surface area contributed by atoms with Gasteiger partial charge in [-0.1, -0.05) is 24.3 Å². The Morgan fingerprint density at radius 1 is 1.22 bits per heavy atom. The van der Waals surface area contributed by atoms with Crippen LogP contribution in [0.25, 0.3) is 0 Å². The molecule has 1 aromatic rings. The first-order chi connectivity index (χ1) is 8.54. The number of hydrogen-bond acceptors (Lipinski definition) is 2. The van der Waals surface area contributed by atoms with Crippen molar-refractivity contribution in [1.82, 2.24) is 4.90 Å². The summed E-state index contributed by atoms with van der Waals surface area (Å²) >= 11 is 0. The van der Waals surface area contributed by atoms with Gasteiger partial charge in [0.25, 0.3) is 0 Å². The van der Waals surface area contributed by atoms with Gasteiger partial charge >= 0.3 is 0 Å². The van der Waals surface area contributed by atoms with E-state index in [0.29, 0.717) is 0 Å². The van der Waals surface area contributed by atoms with Gasteiger partial charge in [-0.15, -0.1) is 0 Å². The van der Waals surface area contributed by atoms with E-state index in [1.54, 1.807) is 5.56 Å². The first-order valence-electron chi connectivity index (χ1n) is 7.13. The second-order valence-corrected chi connectivity index (χ2v) is 6.24. The molecule has 0 radical (unpaired) electrons. The molecule has 1 aromatic carbocycles. The molecule has 0 fully saturated rings. The number of rotatable bonds is 4. The van der Waals surface area contributed by atoms with E-state index in [2.05, 4.69) is 43.0 Å². The molecule has 0 spiro atoms. The maximum Gasteiger partial charge on any atom is 0.0236 e. The van der Waals surface area contributed by atoms with Gasteiger partial charge in [-0.3, -0.25) is 4.90 Å². The second kappa shape index (κ2) is 5.85. The fourth-order valence-electron chi connectivity index (χ4n) is 2.72. The van der Waals surface area contributed by atoms with Crippen LogP contribution >= 0.6 is 0 Å². The topological polar surface area (TPSA) is 29.3 Å². The zero-order valence-corrected chi connectivity index (χ0v) is 11.8. The number of benzene rings is 1. The Hall–Kier alpha value is -0.860. The Morgan fingerprint density at radius 2 is 1.94 bits per heavy atom. The quantitative estimate of drug-likeness (QED) is 0.885. The molecule has 18 heavy (non-hydrogen) atoms. The van der Waals surface area contributed by atoms with Crippen LogP contribution in [0.2, 0.25) is 0 Å². The SMILES string of the molecule is CC(C)(N)CCCN1CCCc2ccccc2C1. The molecule has 0 aliphatic carbocycles. The van der Waals surface area contributed by atoms with E-state index in [-0.39, 0.29) is 5.54 Å². The molecule has 0 saturated heterocycles. The third kappa shape index (κ3) is 4.11. The molecule has 1 aliphatic rings. The minimum absolute atomic E-state index is 0.0241. The molecule has 0 aromatic heterocycles. The van der Waals surface area contributed by atoms with Crippen molar-refractivity contribution in [3.05, 3.63) is 35.4 Å². The Bertz CT molecular complexity index is 379. The number of fused-ring (bicyclic) bond motifs is 1. The van der Waals surface area contributed by atoms with Crippen molar-refractivity contribution in [2.24, 2.45) is 5.73 Å². The molecule has 0 atom stereocenters. The van der Waals surface area contributed by atoms with Gasteiger partial charge < -0.3 is 5.73 Å². The van der Waals surface area contributed by atoms with Crippen molar-refractivity contribution in [3.8, 4) is 0 Å². The minimum Gasteiger partial charge on any atom is -0.326 e. The molecule has 2 N–H and O–H groups in total. The maximum absolute atomic E-state index is 6.04. The highest BCUT2D eigenvalue weighted by Crippen LogP contribution is 2.19. The second-order valence-electron chi connectivity index (χ2n) is 6.24. The lowest BCUT2D eigenvalue weighted by Crippen LogP contribution is -2.33. The van der Waals surface area contributed by atoms with E-state index in [1.807, 2.05) is 0 Å². The summed E-state index contributed by atoms with van der Waals surface area (Å²) in [5, 5.41) is 0. The Labute approximate surface area is 111 Å². The molecule has 100 valence electrons. The predicted octanol–water partition coefficient (Wildman–Crippen LogP) is 2.95. The normalized spacial score (nSPS) is 17.3. The maximum atomic E-state index is 6.04. The minimum atomic E-state index is -0.0241. The molecular weight excluding hydrogens is 220 g/mol. The Morgan fingerprint density at radius 3 is 2.67 bits per heavy atom. The van der Waals surface area contributed by atoms with Crippen LogP contribution in [0, 0.1) is 0 Å². The van der Waals surface area contributed by atoms with E-state index in [9.17, 15) is 0 Å². The number of nitrogens with two attached hydrogens (primary N) is 1. The predicted molar refractivity (Wildman–Crippen MR) is 77.5 cm³/mol. The first kappa shape index (κ1) is 13.6. The van der Waals surface area contributed by atoms with Crippen LogP contribution in [0.1, 0.15) is 44.2 Å². The summed E-state index contributed by atoms with van der Waals surface area (Å²) in [4.78, 5) is 2.58. The lowest BCUT2D eigenvalue weighted by atomic mass is 10.00. The van der Waals surface area contributed by atoms with Crippen LogP contribution in [0.15, 0.2) is 24.3 Å². The zero-order valence-electron chi connectivity index (χ0n) is 11.8. The lowest BCUT2D eigenvalue weighted by Gasteiger charge is -2.23. The molecular formula is C16H26N2. The van der Waals surface area contributed by atoms with Crippen LogP contribution in [0.5, 0.6) is 0 Å². The molecule has 2 heteroatoms. The monoisotopic (exact) mass is 246 g/mol. The van der Waals surface area contributed by atoms with Crippen LogP contribution < -0.4 is 5.73 Å². The third-order valence-corrected chi connectivity index (χ3v) is 3.73. The van der Waals surface area contributed by atoms with Gasteiger partial charge in [-0.05, 0) is 63.7 Å². The highest BCUT2D eigenvalue weighted by atomic mass is 15.1. The molecule has 0 saturated carbocycles. The summed E-state index contributed by atoms with van der Waals surface area (Å²) in [6, 6.07) is 8.87. The summed E-state index contributed by atoms with van der Waals surface area (Å²) < 4.78 is 0. The fraction of sp³-hybridized carbons (Fsp3) is 0.625. The molecule has 0 unspecified atom stereocenters. The smallest absolute Gasteiger partial charge is 0.0236 e. The molecule has 1 heterocycles. The van der Waals surface area contributed by atoms with Crippen molar-refractivity contribution >= 4 is 0 Å². The van der Waals surface area contributed by atoms with Crippen LogP contribution in [-0.2, 0) is 13.0 Å². The Kier molecular flexibility index (Phi) is 4.41. The molecule has 2 rings (SSSR count). The first-order valence-corrected chi connectivity index (χ1v) is 7.13. The highest BCUT2D eigenvalue weighted by Gasteiger charge is 2.15. The third-order valence-electron chi connectivity index (χ3n) is 3.73. The van der Waals surface area contributed by atoms with Crippen LogP contribution in [-0.4, -0.2) is 23.5 Å². The summed E-state index contributed by atoms with van der Waals surface area (Å²) in [5.41, 5.74) is 9.07. The highest BCUT2D eigenvalue weighted by molar-refractivity contribution is 5.27. The largest absolute Gasteiger partial charge is 0.326 e. The van der Waals surface area contributed by atoms with Crippen molar-refractivity contribution in [2.45, 2.75) is 51.6 Å². The van der Waals surface area contributed by atoms with Crippen molar-refractivity contribution in [1.29, 1.82) is 0 Å². The van der Waals surface area contributed by atoms with E-state index < -0.39 is 0 Å². The summed E-state index contributed by atoms with van der Waals surface area (Å²) in [6.07, 6.45) is 4.81. The molecule has 1 aliphatic heterocycles. The Balaban J connectivity index is 1.88. The average Bonchev–Trinajstić information content (AvgIpc) is 2.49. The number of aryl methyl sites for hydroxylation is 1. The van der Waals surface area contributed by atoms with E-state index in [0.717, 1.165) is 13.0 Å². The summed E-state index contributed by atoms with van der Waals surface area (Å²) in [6.45, 7) is 7.74. The summed E-state index contributed by atoms with van der Waals surface area (Å²) in [5.74, 6) is 0. The molecule has 2 nitrogen and oxygen atoms in total. The van der Waals surface area contributed by atoms with Crippen LogP contribution in [0.4, 0.5) is 0 Å². The zero-order chi connectivity index (χ0) is 13.0. The fourth-order valence-corrected chi connectivity index (χ4v) is 2.72. The van der Waals surface area contributed by atoms with Gasteiger partial charge in [-0.25, -0.2) is 0 Å². The molecule has 0 amide bonds. The number of hydrogen-bond donors (Lipinski definition) is 1. The van der Waals surface area contributed by atoms with Crippen molar-refractivity contribution in [3.63, 3.8) is 0 Å². The van der Waals surface area contributed by atoms with E-state index >= 15 is 0 Å². The van der Waals surface area contributed by atoms with Gasteiger partial charge in [0.2, 0.25) is 0 Å². The van der Waals surface area contributed by atoms with Gasteiger partial charge in [-0.2, -0.15) is 0 Å². The summed E-state index contributed by atoms with van der Waals surface area (Å²) in [7, 11) is 0. The molecule has 0 bridgehead atoms. The van der Waals surface area contributed by atoms with Gasteiger partial charge in [0.1, 0.15) is 0 Å². The lowest BCUT2D eigenvalue weighted by molar-refractivity contribution is 0.255. The van der Waals surface area contributed by atoms with Crippen molar-refractivity contribution in [2.75, 3.05) is 13.1 Å².